The highest BCUT2D eigenvalue weighted by Gasteiger charge is 2.50. The Hall–Kier alpha value is -1.06. The van der Waals surface area contributed by atoms with Crippen molar-refractivity contribution >= 4 is 11.6 Å². The van der Waals surface area contributed by atoms with Gasteiger partial charge in [0.15, 0.2) is 0 Å². The second-order valence-electron chi connectivity index (χ2n) is 7.02. The van der Waals surface area contributed by atoms with Gasteiger partial charge in [-0.15, -0.1) is 0 Å². The van der Waals surface area contributed by atoms with Crippen molar-refractivity contribution in [2.45, 2.75) is 24.4 Å². The van der Waals surface area contributed by atoms with Crippen LogP contribution in [0.15, 0.2) is 42.5 Å². The average Bonchev–Trinajstić information content (AvgIpc) is 2.55. The van der Waals surface area contributed by atoms with Crippen molar-refractivity contribution < 1.29 is 22.0 Å². The SMILES string of the molecule is C[NH+](C)CCOC12CCC(c3ccccc31)c1cccc(Cl)c12.[Cl-]. The van der Waals surface area contributed by atoms with Crippen LogP contribution in [0.3, 0.4) is 0 Å². The third-order valence-electron chi connectivity index (χ3n) is 5.33. The van der Waals surface area contributed by atoms with Crippen LogP contribution in [0.5, 0.6) is 0 Å². The largest absolute Gasteiger partial charge is 1.00 e. The van der Waals surface area contributed by atoms with Crippen LogP contribution < -0.4 is 17.3 Å². The lowest BCUT2D eigenvalue weighted by atomic mass is 9.61. The number of halogens is 2. The lowest BCUT2D eigenvalue weighted by molar-refractivity contribution is -0.859. The smallest absolute Gasteiger partial charge is 0.120 e. The Morgan fingerprint density at radius 1 is 1.12 bits per heavy atom. The van der Waals surface area contributed by atoms with Gasteiger partial charge >= 0.3 is 0 Å². The molecule has 0 amide bonds. The Labute approximate surface area is 155 Å². The van der Waals surface area contributed by atoms with Crippen molar-refractivity contribution in [3.05, 3.63) is 69.7 Å². The monoisotopic (exact) mass is 363 g/mol. The summed E-state index contributed by atoms with van der Waals surface area (Å²) in [5.74, 6) is 0.463. The van der Waals surface area contributed by atoms with Gasteiger partial charge in [-0.05, 0) is 35.6 Å². The quantitative estimate of drug-likeness (QED) is 0.806. The van der Waals surface area contributed by atoms with Crippen LogP contribution in [0.1, 0.15) is 41.0 Å². The molecule has 0 heterocycles. The van der Waals surface area contributed by atoms with Crippen molar-refractivity contribution in [3.63, 3.8) is 0 Å². The molecule has 24 heavy (non-hydrogen) atoms. The molecule has 0 aliphatic heterocycles. The zero-order valence-electron chi connectivity index (χ0n) is 14.1. The van der Waals surface area contributed by atoms with Gasteiger partial charge in [0.05, 0.1) is 20.7 Å². The highest BCUT2D eigenvalue weighted by atomic mass is 35.5. The van der Waals surface area contributed by atoms with E-state index in [-0.39, 0.29) is 18.0 Å². The molecule has 1 N–H and O–H groups in total. The molecule has 0 saturated carbocycles. The van der Waals surface area contributed by atoms with Gasteiger partial charge in [-0.1, -0.05) is 48.0 Å². The number of quaternary nitrogens is 1. The molecule has 2 bridgehead atoms. The molecule has 2 aromatic carbocycles. The van der Waals surface area contributed by atoms with E-state index in [0.29, 0.717) is 5.92 Å². The number of ether oxygens (including phenoxy) is 1. The molecule has 0 aromatic heterocycles. The van der Waals surface area contributed by atoms with Crippen molar-refractivity contribution in [1.82, 2.24) is 0 Å². The van der Waals surface area contributed by atoms with Crippen molar-refractivity contribution in [2.24, 2.45) is 0 Å². The van der Waals surface area contributed by atoms with Gasteiger partial charge in [0, 0.05) is 16.5 Å². The fourth-order valence-electron chi connectivity index (χ4n) is 4.30. The fourth-order valence-corrected chi connectivity index (χ4v) is 4.63. The van der Waals surface area contributed by atoms with Gasteiger partial charge in [0.1, 0.15) is 12.1 Å². The van der Waals surface area contributed by atoms with E-state index < -0.39 is 0 Å². The van der Waals surface area contributed by atoms with Crippen molar-refractivity contribution in [2.75, 3.05) is 27.2 Å². The molecular weight excluding hydrogens is 341 g/mol. The van der Waals surface area contributed by atoms with Gasteiger partial charge in [0.2, 0.25) is 0 Å². The summed E-state index contributed by atoms with van der Waals surface area (Å²) < 4.78 is 6.60. The third kappa shape index (κ3) is 2.57. The lowest BCUT2D eigenvalue weighted by Gasteiger charge is -2.49. The number of hydrogen-bond donors (Lipinski definition) is 1. The number of fused-ring (bicyclic) bond motifs is 1. The summed E-state index contributed by atoms with van der Waals surface area (Å²) in [5.41, 5.74) is 4.95. The Balaban J connectivity index is 0.00000169. The molecule has 2 unspecified atom stereocenters. The number of likely N-dealkylation sites (N-methyl/N-ethyl adjacent to an activating group) is 1. The highest BCUT2D eigenvalue weighted by molar-refractivity contribution is 6.31. The molecule has 2 aromatic rings. The Morgan fingerprint density at radius 3 is 2.67 bits per heavy atom. The zero-order valence-corrected chi connectivity index (χ0v) is 15.6. The predicted octanol–water partition coefficient (Wildman–Crippen LogP) is -0.0122. The maximum Gasteiger partial charge on any atom is 0.120 e. The molecule has 5 rings (SSSR count). The van der Waals surface area contributed by atoms with E-state index in [0.717, 1.165) is 31.0 Å². The fraction of sp³-hybridized carbons (Fsp3) is 0.400. The van der Waals surface area contributed by atoms with Crippen LogP contribution in [0.2, 0.25) is 5.02 Å². The number of benzene rings is 2. The molecule has 2 nitrogen and oxygen atoms in total. The molecule has 2 atom stereocenters. The first kappa shape index (κ1) is 17.8. The summed E-state index contributed by atoms with van der Waals surface area (Å²) in [6.45, 7) is 1.74. The third-order valence-corrected chi connectivity index (χ3v) is 5.65. The molecule has 0 saturated heterocycles. The van der Waals surface area contributed by atoms with Crippen LogP contribution in [0, 0.1) is 0 Å². The van der Waals surface area contributed by atoms with E-state index in [1.807, 2.05) is 6.07 Å². The van der Waals surface area contributed by atoms with E-state index in [1.54, 1.807) is 0 Å². The normalized spacial score (nSPS) is 23.6. The van der Waals surface area contributed by atoms with Crippen molar-refractivity contribution in [3.8, 4) is 0 Å². The van der Waals surface area contributed by atoms with E-state index in [2.05, 4.69) is 50.5 Å². The standard InChI is InChI=1S/C20H22ClNO.ClH/c1-22(2)12-13-23-20-11-10-14(15-6-3-4-8-17(15)20)16-7-5-9-18(21)19(16)20;/h3-9,14H,10-13H2,1-2H3;1H. The van der Waals surface area contributed by atoms with Gasteiger partial charge in [-0.2, -0.15) is 0 Å². The van der Waals surface area contributed by atoms with Crippen LogP contribution in [0.25, 0.3) is 0 Å². The highest BCUT2D eigenvalue weighted by Crippen LogP contribution is 2.58. The average molecular weight is 364 g/mol. The Bertz CT molecular complexity index is 746. The molecule has 3 aliphatic rings. The zero-order chi connectivity index (χ0) is 16.0. The first-order chi connectivity index (χ1) is 11.1. The minimum absolute atomic E-state index is 0. The number of nitrogens with one attached hydrogen (secondary N) is 1. The summed E-state index contributed by atoms with van der Waals surface area (Å²) in [7, 11) is 4.32. The summed E-state index contributed by atoms with van der Waals surface area (Å²) in [4.78, 5) is 1.40. The maximum atomic E-state index is 6.65. The van der Waals surface area contributed by atoms with Gasteiger partial charge in [-0.25, -0.2) is 0 Å². The first-order valence-electron chi connectivity index (χ1n) is 8.45. The number of hydrogen-bond acceptors (Lipinski definition) is 1. The van der Waals surface area contributed by atoms with E-state index in [4.69, 9.17) is 16.3 Å². The van der Waals surface area contributed by atoms with Gasteiger partial charge in [-0.3, -0.25) is 0 Å². The maximum absolute atomic E-state index is 6.65. The second kappa shape index (κ2) is 6.68. The molecule has 0 spiro atoms. The molecule has 3 aliphatic carbocycles. The lowest BCUT2D eigenvalue weighted by Crippen LogP contribution is -3.06. The van der Waals surface area contributed by atoms with Crippen LogP contribution >= 0.6 is 11.6 Å². The van der Waals surface area contributed by atoms with E-state index >= 15 is 0 Å². The van der Waals surface area contributed by atoms with E-state index in [9.17, 15) is 0 Å². The van der Waals surface area contributed by atoms with Crippen LogP contribution in [-0.2, 0) is 10.3 Å². The second-order valence-corrected chi connectivity index (χ2v) is 7.42. The summed E-state index contributed by atoms with van der Waals surface area (Å²) >= 11 is 6.65. The first-order valence-corrected chi connectivity index (χ1v) is 8.82. The van der Waals surface area contributed by atoms with Crippen LogP contribution in [0.4, 0.5) is 0 Å². The van der Waals surface area contributed by atoms with Crippen LogP contribution in [-0.4, -0.2) is 27.2 Å². The van der Waals surface area contributed by atoms with Gasteiger partial charge < -0.3 is 22.0 Å². The molecule has 0 fully saturated rings. The molecule has 128 valence electrons. The van der Waals surface area contributed by atoms with E-state index in [1.165, 1.54) is 27.2 Å². The molecule has 0 radical (unpaired) electrons. The van der Waals surface area contributed by atoms with Gasteiger partial charge in [0.25, 0.3) is 0 Å². The predicted molar refractivity (Wildman–Crippen MR) is 93.4 cm³/mol. The minimum atomic E-state index is -0.367. The summed E-state index contributed by atoms with van der Waals surface area (Å²) in [5, 5.41) is 0.846. The summed E-state index contributed by atoms with van der Waals surface area (Å²) in [6.07, 6.45) is 2.16. The number of rotatable bonds is 4. The summed E-state index contributed by atoms with van der Waals surface area (Å²) in [6, 6.07) is 15.1. The Kier molecular flexibility index (Phi) is 4.94. The van der Waals surface area contributed by atoms with Crippen molar-refractivity contribution in [1.29, 1.82) is 0 Å². The topological polar surface area (TPSA) is 13.7 Å². The molecular formula is C20H23Cl2NO. The Morgan fingerprint density at radius 2 is 1.88 bits per heavy atom. The minimum Gasteiger partial charge on any atom is -1.00 e. The molecule has 4 heteroatoms.